The number of rotatable bonds is 8. The highest BCUT2D eigenvalue weighted by Gasteiger charge is 2.13. The van der Waals surface area contributed by atoms with Crippen LogP contribution >= 0.6 is 11.8 Å². The van der Waals surface area contributed by atoms with E-state index in [0.717, 1.165) is 16.3 Å². The van der Waals surface area contributed by atoms with Crippen molar-refractivity contribution in [1.82, 2.24) is 10.4 Å². The molecule has 0 bridgehead atoms. The van der Waals surface area contributed by atoms with Gasteiger partial charge in [-0.1, -0.05) is 42.6 Å². The van der Waals surface area contributed by atoms with Crippen molar-refractivity contribution in [2.24, 2.45) is 5.10 Å². The quantitative estimate of drug-likeness (QED) is 0.346. The number of ether oxygens (including phenoxy) is 1. The van der Waals surface area contributed by atoms with E-state index in [1.54, 1.807) is 18.5 Å². The minimum absolute atomic E-state index is 0.180. The Hall–Kier alpha value is -2.60. The summed E-state index contributed by atoms with van der Waals surface area (Å²) in [6.45, 7) is 5.87. The molecule has 0 aliphatic heterocycles. The highest BCUT2D eigenvalue weighted by molar-refractivity contribution is 8.00. The van der Waals surface area contributed by atoms with Crippen LogP contribution in [0.4, 0.5) is 0 Å². The predicted octanol–water partition coefficient (Wildman–Crippen LogP) is 3.28. The van der Waals surface area contributed by atoms with Gasteiger partial charge in [-0.3, -0.25) is 4.79 Å². The number of aromatic nitrogens is 1. The Kier molecular flexibility index (Phi) is 7.04. The fraction of sp³-hybridized carbons (Fsp3) is 0.167. The Morgan fingerprint density at radius 1 is 1.42 bits per heavy atom. The first-order chi connectivity index (χ1) is 11.7. The van der Waals surface area contributed by atoms with Crippen LogP contribution in [-0.2, 0) is 4.79 Å². The van der Waals surface area contributed by atoms with Crippen molar-refractivity contribution in [3.8, 4) is 5.75 Å². The number of benzene rings is 1. The molecule has 5 nitrogen and oxygen atoms in total. The molecule has 124 valence electrons. The molecule has 0 unspecified atom stereocenters. The van der Waals surface area contributed by atoms with Gasteiger partial charge < -0.3 is 4.74 Å². The maximum Gasteiger partial charge on any atom is 0.253 e. The lowest BCUT2D eigenvalue weighted by molar-refractivity contribution is -0.120. The zero-order valence-corrected chi connectivity index (χ0v) is 14.2. The van der Waals surface area contributed by atoms with Gasteiger partial charge in [-0.15, -0.1) is 0 Å². The molecule has 1 aromatic carbocycles. The summed E-state index contributed by atoms with van der Waals surface area (Å²) in [5.74, 6) is 0.546. The molecule has 0 saturated carbocycles. The molecule has 0 aliphatic carbocycles. The van der Waals surface area contributed by atoms with Crippen molar-refractivity contribution >= 4 is 23.9 Å². The molecule has 2 rings (SSSR count). The molecule has 6 heteroatoms. The first-order valence-electron chi connectivity index (χ1n) is 7.43. The number of amides is 1. The predicted molar refractivity (Wildman–Crippen MR) is 97.4 cm³/mol. The van der Waals surface area contributed by atoms with Crippen LogP contribution in [0.1, 0.15) is 12.5 Å². The lowest BCUT2D eigenvalue weighted by Gasteiger charge is -2.08. The number of nitrogens with one attached hydrogen (secondary N) is 1. The molecule has 0 aliphatic rings. The first kappa shape index (κ1) is 17.7. The van der Waals surface area contributed by atoms with Gasteiger partial charge in [0, 0.05) is 6.20 Å². The van der Waals surface area contributed by atoms with E-state index in [1.807, 2.05) is 49.4 Å². The zero-order chi connectivity index (χ0) is 17.2. The van der Waals surface area contributed by atoms with Crippen LogP contribution in [0.15, 0.2) is 71.4 Å². The molecule has 2 aromatic rings. The smallest absolute Gasteiger partial charge is 0.253 e. The lowest BCUT2D eigenvalue weighted by atomic mass is 10.2. The lowest BCUT2D eigenvalue weighted by Crippen LogP contribution is -2.26. The average Bonchev–Trinajstić information content (AvgIpc) is 2.61. The number of hydrazone groups is 1. The van der Waals surface area contributed by atoms with Gasteiger partial charge in [-0.2, -0.15) is 5.10 Å². The molecule has 0 radical (unpaired) electrons. The monoisotopic (exact) mass is 341 g/mol. The molecule has 1 N–H and O–H groups in total. The minimum Gasteiger partial charge on any atom is -0.490 e. The van der Waals surface area contributed by atoms with Gasteiger partial charge in [0.25, 0.3) is 5.91 Å². The van der Waals surface area contributed by atoms with Crippen molar-refractivity contribution in [3.63, 3.8) is 0 Å². The van der Waals surface area contributed by atoms with E-state index in [1.165, 1.54) is 11.8 Å². The SMILES string of the molecule is C=CCOc1cccc(/C=N\NC(=O)[C@H](C)Sc2ccccn2)c1. The Bertz CT molecular complexity index is 704. The summed E-state index contributed by atoms with van der Waals surface area (Å²) in [7, 11) is 0. The Morgan fingerprint density at radius 3 is 3.04 bits per heavy atom. The van der Waals surface area contributed by atoms with E-state index < -0.39 is 0 Å². The van der Waals surface area contributed by atoms with Crippen molar-refractivity contribution in [2.45, 2.75) is 17.2 Å². The molecule has 1 amide bonds. The van der Waals surface area contributed by atoms with Crippen molar-refractivity contribution in [1.29, 1.82) is 0 Å². The highest BCUT2D eigenvalue weighted by atomic mass is 32.2. The average molecular weight is 341 g/mol. The van der Waals surface area contributed by atoms with Gasteiger partial charge >= 0.3 is 0 Å². The Balaban J connectivity index is 1.86. The third kappa shape index (κ3) is 5.89. The third-order valence-electron chi connectivity index (χ3n) is 2.92. The van der Waals surface area contributed by atoms with Gasteiger partial charge in [0.15, 0.2) is 0 Å². The van der Waals surface area contributed by atoms with Gasteiger partial charge in [-0.25, -0.2) is 10.4 Å². The number of carbonyl (C=O) groups excluding carboxylic acids is 1. The van der Waals surface area contributed by atoms with E-state index >= 15 is 0 Å². The molecular weight excluding hydrogens is 322 g/mol. The topological polar surface area (TPSA) is 63.6 Å². The summed E-state index contributed by atoms with van der Waals surface area (Å²) in [6.07, 6.45) is 4.96. The van der Waals surface area contributed by atoms with Crippen LogP contribution in [0.25, 0.3) is 0 Å². The maximum atomic E-state index is 12.0. The van der Waals surface area contributed by atoms with Gasteiger partial charge in [0.2, 0.25) is 0 Å². The van der Waals surface area contributed by atoms with Crippen molar-refractivity contribution < 1.29 is 9.53 Å². The summed E-state index contributed by atoms with van der Waals surface area (Å²) in [5, 5.41) is 4.50. The number of hydrogen-bond donors (Lipinski definition) is 1. The number of thioether (sulfide) groups is 1. The normalized spacial score (nSPS) is 11.9. The first-order valence-corrected chi connectivity index (χ1v) is 8.31. The minimum atomic E-state index is -0.292. The summed E-state index contributed by atoms with van der Waals surface area (Å²) in [5.41, 5.74) is 3.37. The second-order valence-electron chi connectivity index (χ2n) is 4.83. The highest BCUT2D eigenvalue weighted by Crippen LogP contribution is 2.20. The molecule has 0 fully saturated rings. The number of hydrogen-bond acceptors (Lipinski definition) is 5. The summed E-state index contributed by atoms with van der Waals surface area (Å²) >= 11 is 1.38. The van der Waals surface area contributed by atoms with Crippen LogP contribution in [0.2, 0.25) is 0 Å². The zero-order valence-electron chi connectivity index (χ0n) is 13.4. The van der Waals surface area contributed by atoms with Gasteiger partial charge in [0.1, 0.15) is 12.4 Å². The number of pyridine rings is 1. The fourth-order valence-electron chi connectivity index (χ4n) is 1.75. The van der Waals surface area contributed by atoms with E-state index in [-0.39, 0.29) is 11.2 Å². The van der Waals surface area contributed by atoms with Crippen LogP contribution < -0.4 is 10.2 Å². The summed E-state index contributed by atoms with van der Waals surface area (Å²) in [6, 6.07) is 13.0. The van der Waals surface area contributed by atoms with Gasteiger partial charge in [-0.05, 0) is 36.8 Å². The van der Waals surface area contributed by atoms with Crippen LogP contribution in [0, 0.1) is 0 Å². The molecule has 0 saturated heterocycles. The number of carbonyl (C=O) groups is 1. The maximum absolute atomic E-state index is 12.0. The molecule has 0 spiro atoms. The second-order valence-corrected chi connectivity index (χ2v) is 6.20. The van der Waals surface area contributed by atoms with Crippen molar-refractivity contribution in [3.05, 3.63) is 66.9 Å². The van der Waals surface area contributed by atoms with Crippen LogP contribution in [-0.4, -0.2) is 29.0 Å². The largest absolute Gasteiger partial charge is 0.490 e. The summed E-state index contributed by atoms with van der Waals surface area (Å²) < 4.78 is 5.45. The molecular formula is C18H19N3O2S. The molecule has 24 heavy (non-hydrogen) atoms. The Labute approximate surface area is 145 Å². The number of nitrogens with zero attached hydrogens (tertiary/aromatic N) is 2. The van der Waals surface area contributed by atoms with E-state index in [2.05, 4.69) is 22.1 Å². The molecule has 1 atom stereocenters. The summed E-state index contributed by atoms with van der Waals surface area (Å²) in [4.78, 5) is 16.2. The van der Waals surface area contributed by atoms with E-state index in [0.29, 0.717) is 6.61 Å². The van der Waals surface area contributed by atoms with Crippen LogP contribution in [0.5, 0.6) is 5.75 Å². The molecule has 1 heterocycles. The Morgan fingerprint density at radius 2 is 2.29 bits per heavy atom. The standard InChI is InChI=1S/C18H19N3O2S/c1-3-11-23-16-8-6-7-15(12-16)13-20-21-18(22)14(2)24-17-9-4-5-10-19-17/h3-10,12-14H,1,11H2,2H3,(H,21,22)/b20-13-/t14-/m0/s1. The van der Waals surface area contributed by atoms with Crippen molar-refractivity contribution in [2.75, 3.05) is 6.61 Å². The second kappa shape index (κ2) is 9.52. The molecule has 1 aromatic heterocycles. The van der Waals surface area contributed by atoms with E-state index in [4.69, 9.17) is 4.74 Å². The van der Waals surface area contributed by atoms with Gasteiger partial charge in [0.05, 0.1) is 16.5 Å². The van der Waals surface area contributed by atoms with E-state index in [9.17, 15) is 4.79 Å². The fourth-order valence-corrected chi connectivity index (χ4v) is 2.55. The van der Waals surface area contributed by atoms with Crippen LogP contribution in [0.3, 0.4) is 0 Å². The third-order valence-corrected chi connectivity index (χ3v) is 3.97.